The number of likely N-dealkylation sites (N-methyl/N-ethyl adjacent to an activating group) is 1. The summed E-state index contributed by atoms with van der Waals surface area (Å²) < 4.78 is 0. The summed E-state index contributed by atoms with van der Waals surface area (Å²) in [5, 5.41) is 9.34. The Morgan fingerprint density at radius 2 is 2.10 bits per heavy atom. The van der Waals surface area contributed by atoms with Gasteiger partial charge in [0.15, 0.2) is 6.35 Å². The Balaban J connectivity index is 2.69. The van der Waals surface area contributed by atoms with Crippen LogP contribution in [0.15, 0.2) is 12.3 Å². The highest BCUT2D eigenvalue weighted by Gasteiger charge is 2.21. The minimum atomic E-state index is -0.597. The van der Waals surface area contributed by atoms with Gasteiger partial charge in [-0.05, 0) is 13.1 Å². The van der Waals surface area contributed by atoms with Gasteiger partial charge in [0.2, 0.25) is 0 Å². The van der Waals surface area contributed by atoms with E-state index >= 15 is 0 Å². The first kappa shape index (κ1) is 7.53. The number of hydrogen-bond donors (Lipinski definition) is 2. The Morgan fingerprint density at radius 1 is 1.50 bits per heavy atom. The van der Waals surface area contributed by atoms with Gasteiger partial charge in [-0.25, -0.2) is 4.90 Å². The molecule has 4 nitrogen and oxygen atoms in total. The molecule has 0 saturated carbocycles. The molecule has 1 aliphatic heterocycles. The van der Waals surface area contributed by atoms with Gasteiger partial charge in [-0.2, -0.15) is 0 Å². The number of rotatable bonds is 0. The second-order valence-corrected chi connectivity index (χ2v) is 2.51. The quantitative estimate of drug-likeness (QED) is 0.454. The van der Waals surface area contributed by atoms with Crippen molar-refractivity contribution in [2.45, 2.75) is 12.5 Å². The summed E-state index contributed by atoms with van der Waals surface area (Å²) in [6, 6.07) is 0. The van der Waals surface area contributed by atoms with Crippen LogP contribution in [0.2, 0.25) is 0 Å². The van der Waals surface area contributed by atoms with E-state index in [9.17, 15) is 5.11 Å². The van der Waals surface area contributed by atoms with Crippen molar-refractivity contribution in [2.75, 3.05) is 14.1 Å². The topological polar surface area (TPSA) is 52.7 Å². The summed E-state index contributed by atoms with van der Waals surface area (Å²) in [5.41, 5.74) is 5.58. The molecule has 1 rings (SSSR count). The highest BCUT2D eigenvalue weighted by atomic mass is 16.3. The van der Waals surface area contributed by atoms with Gasteiger partial charge in [0.05, 0.1) is 6.17 Å². The summed E-state index contributed by atoms with van der Waals surface area (Å²) in [6.07, 6.45) is 2.83. The first-order valence-electron chi connectivity index (χ1n) is 3.19. The van der Waals surface area contributed by atoms with E-state index in [1.807, 2.05) is 6.08 Å². The fourth-order valence-electron chi connectivity index (χ4n) is 0.878. The molecule has 0 fully saturated rings. The zero-order valence-electron chi connectivity index (χ0n) is 6.23. The number of hydrogen-bond acceptors (Lipinski definition) is 4. The Morgan fingerprint density at radius 3 is 2.60 bits per heavy atom. The summed E-state index contributed by atoms with van der Waals surface area (Å²) in [7, 11) is 3.57. The molecule has 0 aromatic carbocycles. The average Bonchev–Trinajstić information content (AvgIpc) is 1.93. The lowest BCUT2D eigenvalue weighted by atomic mass is 10.3. The first-order valence-corrected chi connectivity index (χ1v) is 3.19. The second kappa shape index (κ2) is 2.57. The van der Waals surface area contributed by atoms with Crippen molar-refractivity contribution in [3.8, 4) is 0 Å². The van der Waals surface area contributed by atoms with Gasteiger partial charge in [-0.1, -0.05) is 0 Å². The van der Waals surface area contributed by atoms with Crippen LogP contribution in [0.5, 0.6) is 0 Å². The molecule has 0 saturated heterocycles. The zero-order chi connectivity index (χ0) is 7.72. The van der Waals surface area contributed by atoms with Gasteiger partial charge >= 0.3 is 0 Å². The third-order valence-electron chi connectivity index (χ3n) is 1.72. The molecule has 1 heterocycles. The van der Waals surface area contributed by atoms with Crippen molar-refractivity contribution < 1.29 is 5.11 Å². The van der Waals surface area contributed by atoms with Crippen molar-refractivity contribution in [1.29, 1.82) is 0 Å². The second-order valence-electron chi connectivity index (χ2n) is 2.51. The van der Waals surface area contributed by atoms with E-state index in [1.165, 1.54) is 0 Å². The molecule has 4 heteroatoms. The van der Waals surface area contributed by atoms with E-state index in [2.05, 4.69) is 0 Å². The summed E-state index contributed by atoms with van der Waals surface area (Å²) in [6.45, 7) is 0. The minimum absolute atomic E-state index is 0.175. The Kier molecular flexibility index (Phi) is 1.94. The third-order valence-corrected chi connectivity index (χ3v) is 1.72. The monoisotopic (exact) mass is 143 g/mol. The van der Waals surface area contributed by atoms with Crippen LogP contribution < -0.4 is 5.73 Å². The Labute approximate surface area is 60.5 Å². The van der Waals surface area contributed by atoms with Crippen LogP contribution in [0.25, 0.3) is 0 Å². The number of nitrogens with zero attached hydrogens (tertiary/aromatic N) is 2. The van der Waals surface area contributed by atoms with E-state index in [0.29, 0.717) is 0 Å². The molecule has 0 spiro atoms. The minimum Gasteiger partial charge on any atom is -0.361 e. The number of aliphatic hydroxyl groups excluding tert-OH is 1. The van der Waals surface area contributed by atoms with Crippen molar-refractivity contribution in [3.63, 3.8) is 0 Å². The smallest absolute Gasteiger partial charge is 0.187 e. The van der Waals surface area contributed by atoms with Crippen LogP contribution in [0.4, 0.5) is 0 Å². The normalized spacial score (nSPS) is 35.0. The van der Waals surface area contributed by atoms with Crippen molar-refractivity contribution in [1.82, 2.24) is 9.80 Å². The standard InChI is InChI=1S/C6H13N3O/c1-8-4-3-5(7)9(2)6(8)10/h3-6,10H,7H2,1-2H3. The van der Waals surface area contributed by atoms with Gasteiger partial charge in [0.25, 0.3) is 0 Å². The molecule has 2 unspecified atom stereocenters. The van der Waals surface area contributed by atoms with Crippen LogP contribution in [0, 0.1) is 0 Å². The fourth-order valence-corrected chi connectivity index (χ4v) is 0.878. The molecule has 0 aromatic heterocycles. The Bertz CT molecular complexity index is 132. The molecule has 0 aliphatic carbocycles. The molecule has 3 N–H and O–H groups in total. The molecule has 0 radical (unpaired) electrons. The molecule has 10 heavy (non-hydrogen) atoms. The summed E-state index contributed by atoms with van der Waals surface area (Å²) >= 11 is 0. The van der Waals surface area contributed by atoms with Gasteiger partial charge in [0, 0.05) is 13.2 Å². The third kappa shape index (κ3) is 1.13. The summed E-state index contributed by atoms with van der Waals surface area (Å²) in [5.74, 6) is 0. The first-order chi connectivity index (χ1) is 4.63. The predicted octanol–water partition coefficient (Wildman–Crippen LogP) is -1.06. The Hall–Kier alpha value is -0.580. The zero-order valence-corrected chi connectivity index (χ0v) is 6.23. The molecule has 0 amide bonds. The van der Waals surface area contributed by atoms with Gasteiger partial charge in [0.1, 0.15) is 0 Å². The van der Waals surface area contributed by atoms with Gasteiger partial charge < -0.3 is 15.7 Å². The lowest BCUT2D eigenvalue weighted by molar-refractivity contribution is -0.0879. The van der Waals surface area contributed by atoms with Crippen molar-refractivity contribution in [3.05, 3.63) is 12.3 Å². The lowest BCUT2D eigenvalue weighted by Gasteiger charge is -2.36. The maximum atomic E-state index is 9.34. The molecular weight excluding hydrogens is 130 g/mol. The SMILES string of the molecule is CN1C=CC(N)N(C)C1O. The fraction of sp³-hybridized carbons (Fsp3) is 0.667. The maximum Gasteiger partial charge on any atom is 0.187 e. The van der Waals surface area contributed by atoms with Crippen LogP contribution in [0.1, 0.15) is 0 Å². The number of nitrogens with two attached hydrogens (primary N) is 1. The molecular formula is C6H13N3O. The highest BCUT2D eigenvalue weighted by molar-refractivity contribution is 4.95. The van der Waals surface area contributed by atoms with Crippen molar-refractivity contribution >= 4 is 0 Å². The van der Waals surface area contributed by atoms with Gasteiger partial charge in [-0.15, -0.1) is 0 Å². The lowest BCUT2D eigenvalue weighted by Crippen LogP contribution is -2.53. The number of aliphatic hydroxyl groups is 1. The van der Waals surface area contributed by atoms with E-state index in [1.54, 1.807) is 30.1 Å². The maximum absolute atomic E-state index is 9.34. The molecule has 2 atom stereocenters. The van der Waals surface area contributed by atoms with Crippen LogP contribution >= 0.6 is 0 Å². The van der Waals surface area contributed by atoms with Crippen LogP contribution in [-0.4, -0.2) is 41.5 Å². The average molecular weight is 143 g/mol. The molecule has 0 bridgehead atoms. The van der Waals surface area contributed by atoms with Crippen LogP contribution in [-0.2, 0) is 0 Å². The predicted molar refractivity (Wildman–Crippen MR) is 38.6 cm³/mol. The van der Waals surface area contributed by atoms with Crippen LogP contribution in [0.3, 0.4) is 0 Å². The van der Waals surface area contributed by atoms with E-state index < -0.39 is 6.35 Å². The molecule has 58 valence electrons. The van der Waals surface area contributed by atoms with E-state index in [0.717, 1.165) is 0 Å². The van der Waals surface area contributed by atoms with E-state index in [-0.39, 0.29) is 6.17 Å². The van der Waals surface area contributed by atoms with Crippen molar-refractivity contribution in [2.24, 2.45) is 5.73 Å². The highest BCUT2D eigenvalue weighted by Crippen LogP contribution is 2.07. The molecule has 1 aliphatic rings. The van der Waals surface area contributed by atoms with Gasteiger partial charge in [-0.3, -0.25) is 0 Å². The summed E-state index contributed by atoms with van der Waals surface area (Å²) in [4.78, 5) is 3.35. The largest absolute Gasteiger partial charge is 0.361 e. The molecule has 0 aromatic rings. The van der Waals surface area contributed by atoms with E-state index in [4.69, 9.17) is 5.73 Å².